The molecule has 2 aromatic rings. The van der Waals surface area contributed by atoms with E-state index in [0.29, 0.717) is 24.3 Å². The molecule has 0 heterocycles. The predicted octanol–water partition coefficient (Wildman–Crippen LogP) is 3.96. The van der Waals surface area contributed by atoms with Crippen LogP contribution < -0.4 is 10.6 Å². The van der Waals surface area contributed by atoms with Gasteiger partial charge in [0, 0.05) is 31.8 Å². The summed E-state index contributed by atoms with van der Waals surface area (Å²) < 4.78 is 0. The zero-order valence-electron chi connectivity index (χ0n) is 16.8. The molecule has 28 heavy (non-hydrogen) atoms. The van der Waals surface area contributed by atoms with Gasteiger partial charge in [0.05, 0.1) is 0 Å². The number of nitrogens with one attached hydrogen (secondary N) is 2. The molecular formula is C22H27N3O2S. The fraction of sp³-hybridized carbons (Fsp3) is 0.318. The average molecular weight is 398 g/mol. The molecule has 0 aromatic heterocycles. The molecule has 0 saturated heterocycles. The van der Waals surface area contributed by atoms with Crippen LogP contribution in [-0.4, -0.2) is 35.9 Å². The van der Waals surface area contributed by atoms with Crippen LogP contribution in [0.3, 0.4) is 0 Å². The first-order valence-corrected chi connectivity index (χ1v) is 9.68. The van der Waals surface area contributed by atoms with Crippen molar-refractivity contribution in [1.29, 1.82) is 0 Å². The summed E-state index contributed by atoms with van der Waals surface area (Å²) >= 11 is 5.23. The van der Waals surface area contributed by atoms with Crippen LogP contribution >= 0.6 is 12.2 Å². The zero-order chi connectivity index (χ0) is 20.7. The van der Waals surface area contributed by atoms with Gasteiger partial charge in [-0.1, -0.05) is 38.1 Å². The van der Waals surface area contributed by atoms with Crippen LogP contribution in [0.5, 0.6) is 0 Å². The normalized spacial score (nSPS) is 10.5. The van der Waals surface area contributed by atoms with Crippen LogP contribution in [0.1, 0.15) is 47.7 Å². The third-order valence-electron chi connectivity index (χ3n) is 4.40. The Labute approximate surface area is 172 Å². The standard InChI is InChI=1S/C22H27N3O2S/c1-15(2)17-8-10-18(11-9-17)21(27)24-22(28)23-19-12-5-16(6-13-19)7-14-20(26)25(3)4/h5-6,8-13,15H,7,14H2,1-4H3,(H2,23,24,27,28). The lowest BCUT2D eigenvalue weighted by molar-refractivity contribution is -0.128. The van der Waals surface area contributed by atoms with E-state index >= 15 is 0 Å². The summed E-state index contributed by atoms with van der Waals surface area (Å²) in [6.45, 7) is 4.22. The van der Waals surface area contributed by atoms with Gasteiger partial charge < -0.3 is 10.2 Å². The second-order valence-electron chi connectivity index (χ2n) is 7.17. The van der Waals surface area contributed by atoms with E-state index in [2.05, 4.69) is 24.5 Å². The number of benzene rings is 2. The molecule has 0 aliphatic carbocycles. The molecule has 2 N–H and O–H groups in total. The fourth-order valence-electron chi connectivity index (χ4n) is 2.59. The molecule has 0 saturated carbocycles. The molecule has 0 aliphatic heterocycles. The summed E-state index contributed by atoms with van der Waals surface area (Å²) in [6.07, 6.45) is 1.16. The van der Waals surface area contributed by atoms with Gasteiger partial charge >= 0.3 is 0 Å². The van der Waals surface area contributed by atoms with Crippen molar-refractivity contribution in [3.05, 3.63) is 65.2 Å². The highest BCUT2D eigenvalue weighted by Crippen LogP contribution is 2.15. The third-order valence-corrected chi connectivity index (χ3v) is 4.61. The molecular weight excluding hydrogens is 370 g/mol. The number of hydrogen-bond donors (Lipinski definition) is 2. The van der Waals surface area contributed by atoms with E-state index in [4.69, 9.17) is 12.2 Å². The molecule has 0 radical (unpaired) electrons. The molecule has 2 amide bonds. The minimum absolute atomic E-state index is 0.104. The number of aryl methyl sites for hydroxylation is 1. The molecule has 2 rings (SSSR count). The summed E-state index contributed by atoms with van der Waals surface area (Å²) in [5, 5.41) is 5.94. The summed E-state index contributed by atoms with van der Waals surface area (Å²) in [4.78, 5) is 25.6. The monoisotopic (exact) mass is 397 g/mol. The maximum Gasteiger partial charge on any atom is 0.257 e. The minimum atomic E-state index is -0.244. The van der Waals surface area contributed by atoms with Gasteiger partial charge in [0.15, 0.2) is 5.11 Å². The van der Waals surface area contributed by atoms with Gasteiger partial charge in [-0.25, -0.2) is 0 Å². The highest BCUT2D eigenvalue weighted by atomic mass is 32.1. The average Bonchev–Trinajstić information content (AvgIpc) is 2.67. The van der Waals surface area contributed by atoms with Crippen LogP contribution in [0.15, 0.2) is 48.5 Å². The zero-order valence-corrected chi connectivity index (χ0v) is 17.6. The van der Waals surface area contributed by atoms with Crippen LogP contribution in [0.25, 0.3) is 0 Å². The van der Waals surface area contributed by atoms with E-state index in [1.165, 1.54) is 5.56 Å². The van der Waals surface area contributed by atoms with E-state index in [0.717, 1.165) is 11.3 Å². The Hall–Kier alpha value is -2.73. The lowest BCUT2D eigenvalue weighted by Crippen LogP contribution is -2.34. The first kappa shape index (κ1) is 21.6. The maximum atomic E-state index is 12.3. The minimum Gasteiger partial charge on any atom is -0.349 e. The largest absolute Gasteiger partial charge is 0.349 e. The summed E-state index contributed by atoms with van der Waals surface area (Å²) in [7, 11) is 3.51. The van der Waals surface area contributed by atoms with Gasteiger partial charge in [-0.15, -0.1) is 0 Å². The van der Waals surface area contributed by atoms with Crippen molar-refractivity contribution in [3.63, 3.8) is 0 Å². The molecule has 0 aliphatic rings. The van der Waals surface area contributed by atoms with Crippen LogP contribution in [-0.2, 0) is 11.2 Å². The Morgan fingerprint density at radius 2 is 1.61 bits per heavy atom. The quantitative estimate of drug-likeness (QED) is 0.725. The summed E-state index contributed by atoms with van der Waals surface area (Å²) in [5.74, 6) is 0.281. The molecule has 0 fully saturated rings. The number of amides is 2. The SMILES string of the molecule is CC(C)c1ccc(C(=O)NC(=S)Nc2ccc(CCC(=O)N(C)C)cc2)cc1. The lowest BCUT2D eigenvalue weighted by atomic mass is 10.0. The Balaban J connectivity index is 1.86. The first-order valence-electron chi connectivity index (χ1n) is 9.27. The Kier molecular flexibility index (Phi) is 7.70. The molecule has 2 aromatic carbocycles. The number of carbonyl (C=O) groups is 2. The van der Waals surface area contributed by atoms with Crippen molar-refractivity contribution in [2.45, 2.75) is 32.6 Å². The Bertz CT molecular complexity index is 828. The van der Waals surface area contributed by atoms with Crippen molar-refractivity contribution in [3.8, 4) is 0 Å². The van der Waals surface area contributed by atoms with Crippen LogP contribution in [0.2, 0.25) is 0 Å². The summed E-state index contributed by atoms with van der Waals surface area (Å²) in [6, 6.07) is 15.2. The highest BCUT2D eigenvalue weighted by molar-refractivity contribution is 7.80. The second-order valence-corrected chi connectivity index (χ2v) is 7.58. The number of rotatable bonds is 6. The van der Waals surface area contributed by atoms with E-state index in [1.807, 2.05) is 36.4 Å². The van der Waals surface area contributed by atoms with Crippen molar-refractivity contribution in [1.82, 2.24) is 10.2 Å². The third kappa shape index (κ3) is 6.46. The highest BCUT2D eigenvalue weighted by Gasteiger charge is 2.09. The lowest BCUT2D eigenvalue weighted by Gasteiger charge is -2.12. The van der Waals surface area contributed by atoms with Crippen LogP contribution in [0.4, 0.5) is 5.69 Å². The van der Waals surface area contributed by atoms with E-state index in [1.54, 1.807) is 31.1 Å². The van der Waals surface area contributed by atoms with Crippen molar-refractivity contribution in [2.24, 2.45) is 0 Å². The van der Waals surface area contributed by atoms with Crippen molar-refractivity contribution in [2.75, 3.05) is 19.4 Å². The molecule has 0 atom stereocenters. The smallest absolute Gasteiger partial charge is 0.257 e. The van der Waals surface area contributed by atoms with E-state index in [9.17, 15) is 9.59 Å². The molecule has 5 nitrogen and oxygen atoms in total. The molecule has 148 valence electrons. The van der Waals surface area contributed by atoms with E-state index < -0.39 is 0 Å². The number of anilines is 1. The van der Waals surface area contributed by atoms with Crippen LogP contribution in [0, 0.1) is 0 Å². The first-order chi connectivity index (χ1) is 13.3. The summed E-state index contributed by atoms with van der Waals surface area (Å²) in [5.41, 5.74) is 3.60. The van der Waals surface area contributed by atoms with Gasteiger partial charge in [-0.2, -0.15) is 0 Å². The van der Waals surface area contributed by atoms with Crippen molar-refractivity contribution < 1.29 is 9.59 Å². The fourth-order valence-corrected chi connectivity index (χ4v) is 2.80. The molecule has 6 heteroatoms. The molecule has 0 bridgehead atoms. The van der Waals surface area contributed by atoms with Gasteiger partial charge in [0.2, 0.25) is 5.91 Å². The number of hydrogen-bond acceptors (Lipinski definition) is 3. The number of thiocarbonyl (C=S) groups is 1. The number of carbonyl (C=O) groups excluding carboxylic acids is 2. The van der Waals surface area contributed by atoms with Gasteiger partial charge in [-0.05, 0) is 59.9 Å². The maximum absolute atomic E-state index is 12.3. The Morgan fingerprint density at radius 3 is 2.14 bits per heavy atom. The molecule has 0 unspecified atom stereocenters. The molecule has 0 spiro atoms. The van der Waals surface area contributed by atoms with Gasteiger partial charge in [0.25, 0.3) is 5.91 Å². The van der Waals surface area contributed by atoms with Crippen molar-refractivity contribution >= 4 is 34.8 Å². The predicted molar refractivity (Wildman–Crippen MR) is 118 cm³/mol. The number of nitrogens with zero attached hydrogens (tertiary/aromatic N) is 1. The van der Waals surface area contributed by atoms with E-state index in [-0.39, 0.29) is 16.9 Å². The Morgan fingerprint density at radius 1 is 1.00 bits per heavy atom. The van der Waals surface area contributed by atoms with Gasteiger partial charge in [-0.3, -0.25) is 14.9 Å². The second kappa shape index (κ2) is 9.99. The van der Waals surface area contributed by atoms with Gasteiger partial charge in [0.1, 0.15) is 0 Å². The topological polar surface area (TPSA) is 61.4 Å².